The zero-order valence-corrected chi connectivity index (χ0v) is 11.3. The fraction of sp³-hybridized carbons (Fsp3) is 0.133. The molecule has 2 N–H and O–H groups in total. The topological polar surface area (TPSA) is 49.3 Å². The molecule has 0 saturated carbocycles. The number of halogens is 2. The maximum atomic E-state index is 13.6. The first-order chi connectivity index (χ1) is 9.58. The Morgan fingerprint density at radius 3 is 2.55 bits per heavy atom. The minimum Gasteiger partial charge on any atom is -0.480 e. The van der Waals surface area contributed by atoms with E-state index in [9.17, 15) is 14.3 Å². The van der Waals surface area contributed by atoms with Gasteiger partial charge in [-0.2, -0.15) is 0 Å². The largest absolute Gasteiger partial charge is 0.480 e. The average molecular weight is 294 g/mol. The minimum absolute atomic E-state index is 0.106. The molecule has 0 saturated heterocycles. The third-order valence-electron chi connectivity index (χ3n) is 2.89. The molecule has 20 heavy (non-hydrogen) atoms. The Labute approximate surface area is 121 Å². The van der Waals surface area contributed by atoms with Crippen molar-refractivity contribution in [3.05, 3.63) is 70.5 Å². The molecule has 0 heterocycles. The lowest BCUT2D eigenvalue weighted by atomic mass is 10.1. The van der Waals surface area contributed by atoms with Gasteiger partial charge in [0, 0.05) is 17.1 Å². The molecule has 0 bridgehead atoms. The monoisotopic (exact) mass is 293 g/mol. The van der Waals surface area contributed by atoms with Crippen LogP contribution in [0.2, 0.25) is 5.02 Å². The fourth-order valence-corrected chi connectivity index (χ4v) is 2.03. The van der Waals surface area contributed by atoms with Crippen molar-refractivity contribution in [2.24, 2.45) is 0 Å². The molecule has 1 atom stereocenters. The van der Waals surface area contributed by atoms with E-state index >= 15 is 0 Å². The van der Waals surface area contributed by atoms with Crippen molar-refractivity contribution in [3.8, 4) is 0 Å². The van der Waals surface area contributed by atoms with E-state index < -0.39 is 17.8 Å². The molecule has 0 radical (unpaired) electrons. The van der Waals surface area contributed by atoms with Gasteiger partial charge >= 0.3 is 5.97 Å². The van der Waals surface area contributed by atoms with Gasteiger partial charge in [-0.15, -0.1) is 0 Å². The van der Waals surface area contributed by atoms with E-state index in [1.807, 2.05) is 0 Å². The summed E-state index contributed by atoms with van der Waals surface area (Å²) in [6, 6.07) is 12.2. The van der Waals surface area contributed by atoms with Gasteiger partial charge in [-0.05, 0) is 17.7 Å². The minimum atomic E-state index is -1.01. The number of nitrogens with one attached hydrogen (secondary N) is 1. The number of carbonyl (C=O) groups is 1. The molecule has 3 nitrogen and oxygen atoms in total. The standard InChI is InChI=1S/C15H13ClFNO2/c16-12-7-6-11(13(17)8-12)9-18-14(15(19)20)10-4-2-1-3-5-10/h1-8,14,18H,9H2,(H,19,20). The second-order valence-electron chi connectivity index (χ2n) is 4.30. The summed E-state index contributed by atoms with van der Waals surface area (Å²) in [6.45, 7) is 0.106. The van der Waals surface area contributed by atoms with Crippen LogP contribution < -0.4 is 5.32 Å². The Kier molecular flexibility index (Phi) is 4.71. The maximum Gasteiger partial charge on any atom is 0.325 e. The number of carboxylic acids is 1. The molecule has 0 aromatic heterocycles. The normalized spacial score (nSPS) is 12.1. The van der Waals surface area contributed by atoms with E-state index in [0.29, 0.717) is 16.1 Å². The maximum absolute atomic E-state index is 13.6. The van der Waals surface area contributed by atoms with Crippen molar-refractivity contribution in [1.29, 1.82) is 0 Å². The Morgan fingerprint density at radius 2 is 1.95 bits per heavy atom. The molecule has 0 aliphatic carbocycles. The summed E-state index contributed by atoms with van der Waals surface area (Å²) in [7, 11) is 0. The van der Waals surface area contributed by atoms with Crippen molar-refractivity contribution in [2.75, 3.05) is 0 Å². The van der Waals surface area contributed by atoms with Crippen LogP contribution in [0, 0.1) is 5.82 Å². The molecule has 0 aliphatic heterocycles. The van der Waals surface area contributed by atoms with Crippen LogP contribution in [0.25, 0.3) is 0 Å². The van der Waals surface area contributed by atoms with E-state index in [1.165, 1.54) is 12.1 Å². The first-order valence-electron chi connectivity index (χ1n) is 6.03. The number of hydrogen-bond donors (Lipinski definition) is 2. The molecule has 1 unspecified atom stereocenters. The van der Waals surface area contributed by atoms with Gasteiger partial charge in [0.25, 0.3) is 0 Å². The van der Waals surface area contributed by atoms with Gasteiger partial charge in [-0.25, -0.2) is 4.39 Å². The SMILES string of the molecule is O=C(O)C(NCc1ccc(Cl)cc1F)c1ccccc1. The Balaban J connectivity index is 2.12. The summed E-state index contributed by atoms with van der Waals surface area (Å²) >= 11 is 5.67. The molecule has 0 amide bonds. The molecule has 104 valence electrons. The van der Waals surface area contributed by atoms with Gasteiger partial charge in [0.15, 0.2) is 0 Å². The number of benzene rings is 2. The van der Waals surface area contributed by atoms with Gasteiger partial charge in [0.1, 0.15) is 11.9 Å². The summed E-state index contributed by atoms with van der Waals surface area (Å²) in [4.78, 5) is 11.3. The van der Waals surface area contributed by atoms with Crippen LogP contribution in [0.5, 0.6) is 0 Å². The summed E-state index contributed by atoms with van der Waals surface area (Å²) in [5, 5.41) is 12.4. The molecule has 0 fully saturated rings. The molecule has 2 aromatic carbocycles. The highest BCUT2D eigenvalue weighted by Gasteiger charge is 2.19. The lowest BCUT2D eigenvalue weighted by Crippen LogP contribution is -2.28. The van der Waals surface area contributed by atoms with Gasteiger partial charge in [0.2, 0.25) is 0 Å². The van der Waals surface area contributed by atoms with E-state index in [0.717, 1.165) is 0 Å². The average Bonchev–Trinajstić information content (AvgIpc) is 2.42. The highest BCUT2D eigenvalue weighted by Crippen LogP contribution is 2.17. The molecule has 2 rings (SSSR count). The van der Waals surface area contributed by atoms with Crippen LogP contribution in [-0.4, -0.2) is 11.1 Å². The van der Waals surface area contributed by atoms with Crippen molar-refractivity contribution >= 4 is 17.6 Å². The fourth-order valence-electron chi connectivity index (χ4n) is 1.87. The van der Waals surface area contributed by atoms with Gasteiger partial charge in [-0.1, -0.05) is 48.0 Å². The zero-order valence-electron chi connectivity index (χ0n) is 10.5. The van der Waals surface area contributed by atoms with E-state index in [2.05, 4.69) is 5.32 Å². The van der Waals surface area contributed by atoms with Crippen molar-refractivity contribution in [1.82, 2.24) is 5.32 Å². The van der Waals surface area contributed by atoms with Crippen LogP contribution in [0.1, 0.15) is 17.2 Å². The van der Waals surface area contributed by atoms with Crippen LogP contribution in [0.3, 0.4) is 0 Å². The highest BCUT2D eigenvalue weighted by atomic mass is 35.5. The number of carboxylic acid groups (broad SMARTS) is 1. The number of hydrogen-bond acceptors (Lipinski definition) is 2. The number of rotatable bonds is 5. The first kappa shape index (κ1) is 14.5. The van der Waals surface area contributed by atoms with Crippen LogP contribution in [0.15, 0.2) is 48.5 Å². The quantitative estimate of drug-likeness (QED) is 0.888. The van der Waals surface area contributed by atoms with E-state index in [4.69, 9.17) is 11.6 Å². The van der Waals surface area contributed by atoms with Crippen LogP contribution in [-0.2, 0) is 11.3 Å². The summed E-state index contributed by atoms with van der Waals surface area (Å²) < 4.78 is 13.6. The summed E-state index contributed by atoms with van der Waals surface area (Å²) in [5.74, 6) is -1.47. The highest BCUT2D eigenvalue weighted by molar-refractivity contribution is 6.30. The zero-order chi connectivity index (χ0) is 14.5. The second kappa shape index (κ2) is 6.50. The third kappa shape index (κ3) is 3.56. The van der Waals surface area contributed by atoms with Gasteiger partial charge < -0.3 is 5.11 Å². The molecule has 0 aliphatic rings. The third-order valence-corrected chi connectivity index (χ3v) is 3.13. The van der Waals surface area contributed by atoms with Crippen molar-refractivity contribution < 1.29 is 14.3 Å². The lowest BCUT2D eigenvalue weighted by molar-refractivity contribution is -0.139. The molecule has 5 heteroatoms. The predicted octanol–water partition coefficient (Wildman–Crippen LogP) is 3.39. The summed E-state index contributed by atoms with van der Waals surface area (Å²) in [6.07, 6.45) is 0. The summed E-state index contributed by atoms with van der Waals surface area (Å²) in [5.41, 5.74) is 0.992. The Bertz CT molecular complexity index is 604. The first-order valence-corrected chi connectivity index (χ1v) is 6.41. The van der Waals surface area contributed by atoms with Crippen molar-refractivity contribution in [2.45, 2.75) is 12.6 Å². The number of aliphatic carboxylic acids is 1. The van der Waals surface area contributed by atoms with E-state index in [1.54, 1.807) is 36.4 Å². The molecular formula is C15H13ClFNO2. The molecular weight excluding hydrogens is 281 g/mol. The Morgan fingerprint density at radius 1 is 1.25 bits per heavy atom. The molecule has 0 spiro atoms. The lowest BCUT2D eigenvalue weighted by Gasteiger charge is -2.15. The second-order valence-corrected chi connectivity index (χ2v) is 4.74. The Hall–Kier alpha value is -1.91. The van der Waals surface area contributed by atoms with Gasteiger partial charge in [-0.3, -0.25) is 10.1 Å². The van der Waals surface area contributed by atoms with Crippen LogP contribution in [0.4, 0.5) is 4.39 Å². The molecule has 2 aromatic rings. The smallest absolute Gasteiger partial charge is 0.325 e. The van der Waals surface area contributed by atoms with E-state index in [-0.39, 0.29) is 6.54 Å². The van der Waals surface area contributed by atoms with Gasteiger partial charge in [0.05, 0.1) is 0 Å². The predicted molar refractivity (Wildman–Crippen MR) is 75.1 cm³/mol. The van der Waals surface area contributed by atoms with Crippen LogP contribution >= 0.6 is 11.6 Å². The van der Waals surface area contributed by atoms with Crippen molar-refractivity contribution in [3.63, 3.8) is 0 Å².